The number of halogens is 1. The molecule has 0 radical (unpaired) electrons. The average Bonchev–Trinajstić information content (AvgIpc) is 3.17. The van der Waals surface area contributed by atoms with Crippen molar-refractivity contribution < 1.29 is 14.3 Å². The highest BCUT2D eigenvalue weighted by Gasteiger charge is 2.31. The molecule has 0 atom stereocenters. The minimum Gasteiger partial charge on any atom is -0.444 e. The molecule has 0 spiro atoms. The second-order valence-electron chi connectivity index (χ2n) is 12.9. The average molecular weight is 610 g/mol. The number of fused-ring (bicyclic) bond motifs is 1. The van der Waals surface area contributed by atoms with Gasteiger partial charge in [-0.1, -0.05) is 19.6 Å². The van der Waals surface area contributed by atoms with E-state index in [9.17, 15) is 4.79 Å². The van der Waals surface area contributed by atoms with Crippen molar-refractivity contribution in [2.45, 2.75) is 96.6 Å². The summed E-state index contributed by atoms with van der Waals surface area (Å²) in [5, 5.41) is 4.73. The first-order valence-electron chi connectivity index (χ1n) is 14.0. The zero-order chi connectivity index (χ0) is 27.5. The molecule has 38 heavy (non-hydrogen) atoms. The Bertz CT molecular complexity index is 1080. The van der Waals surface area contributed by atoms with Crippen LogP contribution in [0.3, 0.4) is 0 Å². The quantitative estimate of drug-likeness (QED) is 0.300. The van der Waals surface area contributed by atoms with E-state index in [4.69, 9.17) is 9.47 Å². The topological polar surface area (TPSA) is 84.8 Å². The zero-order valence-electron chi connectivity index (χ0n) is 23.9. The van der Waals surface area contributed by atoms with E-state index in [1.165, 1.54) is 0 Å². The van der Waals surface area contributed by atoms with Gasteiger partial charge in [0.05, 0.1) is 5.39 Å². The third-order valence-electron chi connectivity index (χ3n) is 7.35. The van der Waals surface area contributed by atoms with Gasteiger partial charge in [-0.05, 0) is 68.4 Å². The summed E-state index contributed by atoms with van der Waals surface area (Å²) in [6.07, 6.45) is 7.98. The van der Waals surface area contributed by atoms with E-state index in [1.54, 1.807) is 6.33 Å². The molecule has 2 fully saturated rings. The summed E-state index contributed by atoms with van der Waals surface area (Å²) in [5.74, 6) is 0.886. The van der Waals surface area contributed by atoms with Gasteiger partial charge in [-0.2, -0.15) is 0 Å². The van der Waals surface area contributed by atoms with E-state index in [2.05, 4.69) is 60.3 Å². The van der Waals surface area contributed by atoms with Gasteiger partial charge in [0.25, 0.3) is 0 Å². The number of nitrogens with one attached hydrogen (secondary N) is 1. The first-order chi connectivity index (χ1) is 17.9. The molecule has 2 aliphatic rings. The Morgan fingerprint density at radius 1 is 1.11 bits per heavy atom. The molecule has 0 unspecified atom stereocenters. The van der Waals surface area contributed by atoms with Gasteiger partial charge in [-0.15, -0.1) is 0 Å². The van der Waals surface area contributed by atoms with Gasteiger partial charge in [0.1, 0.15) is 30.1 Å². The molecule has 2 aromatic heterocycles. The van der Waals surface area contributed by atoms with Gasteiger partial charge < -0.3 is 24.3 Å². The van der Waals surface area contributed by atoms with E-state index < -0.39 is 13.7 Å². The molecular formula is C27H45BrN6O3Si. The summed E-state index contributed by atoms with van der Waals surface area (Å²) in [4.78, 5) is 26.0. The lowest BCUT2D eigenvalue weighted by Gasteiger charge is -2.42. The molecule has 1 saturated carbocycles. The number of carbonyl (C=O) groups is 1. The molecule has 9 nitrogen and oxygen atoms in total. The van der Waals surface area contributed by atoms with Crippen molar-refractivity contribution in [2.75, 3.05) is 38.1 Å². The Morgan fingerprint density at radius 3 is 2.42 bits per heavy atom. The highest BCUT2D eigenvalue weighted by molar-refractivity contribution is 9.10. The smallest absolute Gasteiger partial charge is 0.410 e. The Hall–Kier alpha value is -1.69. The predicted molar refractivity (Wildman–Crippen MR) is 158 cm³/mol. The van der Waals surface area contributed by atoms with Crippen molar-refractivity contribution in [1.29, 1.82) is 0 Å². The minimum atomic E-state index is -1.11. The summed E-state index contributed by atoms with van der Waals surface area (Å²) < 4.78 is 14.6. The lowest BCUT2D eigenvalue weighted by Crippen LogP contribution is -2.53. The maximum atomic E-state index is 12.4. The number of aromatic nitrogens is 3. The van der Waals surface area contributed by atoms with Gasteiger partial charge in [0.15, 0.2) is 0 Å². The number of carbonyl (C=O) groups excluding carboxylic acids is 1. The fourth-order valence-electron chi connectivity index (χ4n) is 5.20. The van der Waals surface area contributed by atoms with E-state index >= 15 is 0 Å². The first kappa shape index (κ1) is 29.3. The normalized spacial score (nSPS) is 21.6. The highest BCUT2D eigenvalue weighted by Crippen LogP contribution is 2.33. The van der Waals surface area contributed by atoms with E-state index in [1.807, 2.05) is 31.9 Å². The Labute approximate surface area is 236 Å². The predicted octanol–water partition coefficient (Wildman–Crippen LogP) is 5.78. The Kier molecular flexibility index (Phi) is 9.42. The van der Waals surface area contributed by atoms with Gasteiger partial charge in [0, 0.05) is 63.6 Å². The number of piperazine rings is 1. The monoisotopic (exact) mass is 608 g/mol. The summed E-state index contributed by atoms with van der Waals surface area (Å²) in [5.41, 5.74) is 0.438. The third-order valence-corrected chi connectivity index (χ3v) is 9.66. The second kappa shape index (κ2) is 12.2. The number of amides is 1. The van der Waals surface area contributed by atoms with Crippen LogP contribution in [0.25, 0.3) is 11.0 Å². The van der Waals surface area contributed by atoms with Crippen LogP contribution in [-0.4, -0.2) is 89.0 Å². The molecule has 1 saturated heterocycles. The summed E-state index contributed by atoms with van der Waals surface area (Å²) in [6.45, 7) is 17.4. The molecule has 3 heterocycles. The van der Waals surface area contributed by atoms with Crippen LogP contribution in [-0.2, 0) is 16.2 Å². The molecule has 2 aromatic rings. The zero-order valence-corrected chi connectivity index (χ0v) is 26.5. The van der Waals surface area contributed by atoms with Crippen molar-refractivity contribution in [3.63, 3.8) is 0 Å². The van der Waals surface area contributed by atoms with E-state index in [0.29, 0.717) is 18.8 Å². The summed E-state index contributed by atoms with van der Waals surface area (Å²) in [7, 11) is -1.11. The maximum absolute atomic E-state index is 12.4. The van der Waals surface area contributed by atoms with E-state index in [0.717, 1.165) is 85.8 Å². The molecule has 1 aliphatic heterocycles. The molecule has 4 rings (SSSR count). The van der Waals surface area contributed by atoms with Crippen molar-refractivity contribution in [1.82, 2.24) is 24.3 Å². The molecule has 1 amide bonds. The largest absolute Gasteiger partial charge is 0.444 e. The Balaban J connectivity index is 1.28. The van der Waals surface area contributed by atoms with Crippen molar-refractivity contribution in [3.8, 4) is 0 Å². The van der Waals surface area contributed by atoms with Gasteiger partial charge >= 0.3 is 6.09 Å². The van der Waals surface area contributed by atoms with Crippen LogP contribution in [0.4, 0.5) is 10.6 Å². The van der Waals surface area contributed by atoms with Crippen LogP contribution >= 0.6 is 15.9 Å². The van der Waals surface area contributed by atoms with Crippen molar-refractivity contribution in [2.24, 2.45) is 0 Å². The van der Waals surface area contributed by atoms with Crippen LogP contribution < -0.4 is 5.32 Å². The van der Waals surface area contributed by atoms with Crippen molar-refractivity contribution >= 4 is 46.9 Å². The minimum absolute atomic E-state index is 0.195. The summed E-state index contributed by atoms with van der Waals surface area (Å²) >= 11 is 3.73. The van der Waals surface area contributed by atoms with Crippen LogP contribution in [0, 0.1) is 0 Å². The summed E-state index contributed by atoms with van der Waals surface area (Å²) in [6, 6.07) is 2.10. The molecule has 11 heteroatoms. The highest BCUT2D eigenvalue weighted by atomic mass is 79.9. The van der Waals surface area contributed by atoms with Crippen LogP contribution in [0.5, 0.6) is 0 Å². The number of hydrogen-bond donors (Lipinski definition) is 1. The first-order valence-corrected chi connectivity index (χ1v) is 18.5. The molecular weight excluding hydrogens is 564 g/mol. The molecule has 0 bridgehead atoms. The van der Waals surface area contributed by atoms with Crippen LogP contribution in [0.2, 0.25) is 25.7 Å². The number of nitrogens with zero attached hydrogens (tertiary/aromatic N) is 5. The fraction of sp³-hybridized carbons (Fsp3) is 0.741. The number of ether oxygens (including phenoxy) is 2. The number of anilines is 1. The molecule has 0 aromatic carbocycles. The lowest BCUT2D eigenvalue weighted by atomic mass is 9.89. The fourth-order valence-corrected chi connectivity index (χ4v) is 6.57. The lowest BCUT2D eigenvalue weighted by molar-refractivity contribution is 0.00806. The molecule has 1 N–H and O–H groups in total. The molecule has 212 valence electrons. The van der Waals surface area contributed by atoms with Crippen LogP contribution in [0.15, 0.2) is 17.0 Å². The third kappa shape index (κ3) is 7.92. The van der Waals surface area contributed by atoms with Crippen LogP contribution in [0.1, 0.15) is 46.5 Å². The number of hydrogen-bond acceptors (Lipinski definition) is 7. The maximum Gasteiger partial charge on any atom is 0.410 e. The van der Waals surface area contributed by atoms with Gasteiger partial charge in [0.2, 0.25) is 0 Å². The SMILES string of the molecule is CC(C)(C)OC(=O)N1CCN([C@H]2CC[C@H](Nc3ncnc4c3c(Br)cn4COCC[Si](C)(C)C)CC2)CC1. The second-order valence-corrected chi connectivity index (χ2v) is 19.3. The standard InChI is InChI=1S/C27H45BrN6O3Si/c1-27(2,3)37-26(35)33-13-11-32(12-14-33)21-9-7-20(8-10-21)31-24-23-22(28)17-34(25(23)30-18-29-24)19-36-15-16-38(4,5)6/h17-18,20-21H,7-16,19H2,1-6H3,(H,29,30,31)/t20-,21-. The van der Waals surface area contributed by atoms with Crippen molar-refractivity contribution in [3.05, 3.63) is 17.0 Å². The number of rotatable bonds is 8. The van der Waals surface area contributed by atoms with E-state index in [-0.39, 0.29) is 6.09 Å². The molecule has 1 aliphatic carbocycles. The Morgan fingerprint density at radius 2 is 1.79 bits per heavy atom. The van der Waals surface area contributed by atoms with Gasteiger partial charge in [-0.25, -0.2) is 14.8 Å². The van der Waals surface area contributed by atoms with Gasteiger partial charge in [-0.3, -0.25) is 4.90 Å².